The lowest BCUT2D eigenvalue weighted by Gasteiger charge is -2.12. The van der Waals surface area contributed by atoms with Crippen LogP contribution in [-0.2, 0) is 9.53 Å². The summed E-state index contributed by atoms with van der Waals surface area (Å²) in [5.74, 6) is -0.172. The molecule has 28 heavy (non-hydrogen) atoms. The van der Waals surface area contributed by atoms with Gasteiger partial charge in [-0.2, -0.15) is 0 Å². The lowest BCUT2D eigenvalue weighted by atomic mass is 10.1. The normalized spacial score (nSPS) is 10.2. The maximum atomic E-state index is 12.2. The van der Waals surface area contributed by atoms with Crippen LogP contribution in [-0.4, -0.2) is 44.5 Å². The summed E-state index contributed by atoms with van der Waals surface area (Å²) in [7, 11) is 1.55. The fourth-order valence-electron chi connectivity index (χ4n) is 2.43. The molecule has 2 amide bonds. The molecule has 0 aliphatic rings. The Hall–Kier alpha value is -3.19. The van der Waals surface area contributed by atoms with Crippen LogP contribution in [0.3, 0.4) is 0 Å². The number of nitrogens with one attached hydrogen (secondary N) is 2. The molecule has 0 saturated heterocycles. The van der Waals surface area contributed by atoms with Crippen molar-refractivity contribution >= 4 is 23.3 Å². The summed E-state index contributed by atoms with van der Waals surface area (Å²) >= 11 is 0. The van der Waals surface area contributed by atoms with Gasteiger partial charge in [-0.3, -0.25) is 14.4 Å². The standard InChI is InChI=1S/C21H24N2O5/c1-3-19(24)15-8-10-16(11-9-15)28-14-20(25)23-18-7-5-4-6-17(18)21(26)22-12-13-27-2/h4-11H,3,12-14H2,1-2H3,(H,22,26)(H,23,25). The number of carbonyl (C=O) groups excluding carboxylic acids is 3. The number of ether oxygens (including phenoxy) is 2. The first-order valence-electron chi connectivity index (χ1n) is 8.97. The molecule has 0 spiro atoms. The first-order valence-corrected chi connectivity index (χ1v) is 8.97. The van der Waals surface area contributed by atoms with E-state index >= 15 is 0 Å². The van der Waals surface area contributed by atoms with Crippen LogP contribution in [0.25, 0.3) is 0 Å². The van der Waals surface area contributed by atoms with Crippen LogP contribution in [0.1, 0.15) is 34.1 Å². The zero-order valence-electron chi connectivity index (χ0n) is 16.0. The molecule has 0 atom stereocenters. The van der Waals surface area contributed by atoms with Gasteiger partial charge in [0, 0.05) is 25.6 Å². The fourth-order valence-corrected chi connectivity index (χ4v) is 2.43. The van der Waals surface area contributed by atoms with Crippen molar-refractivity contribution in [2.45, 2.75) is 13.3 Å². The molecule has 2 N–H and O–H groups in total. The van der Waals surface area contributed by atoms with E-state index in [1.807, 2.05) is 0 Å². The van der Waals surface area contributed by atoms with Gasteiger partial charge in [0.1, 0.15) is 5.75 Å². The third-order valence-corrected chi connectivity index (χ3v) is 3.90. The summed E-state index contributed by atoms with van der Waals surface area (Å²) in [4.78, 5) is 36.1. The number of ketones is 1. The van der Waals surface area contributed by atoms with Gasteiger partial charge >= 0.3 is 0 Å². The minimum Gasteiger partial charge on any atom is -0.484 e. The summed E-state index contributed by atoms with van der Waals surface area (Å²) in [6, 6.07) is 13.3. The van der Waals surface area contributed by atoms with Crippen molar-refractivity contribution in [3.05, 3.63) is 59.7 Å². The Bertz CT molecular complexity index is 818. The average molecular weight is 384 g/mol. The summed E-state index contributed by atoms with van der Waals surface area (Å²) < 4.78 is 10.4. The van der Waals surface area contributed by atoms with Gasteiger partial charge in [0.2, 0.25) is 0 Å². The second-order valence-corrected chi connectivity index (χ2v) is 5.93. The van der Waals surface area contributed by atoms with E-state index in [0.717, 1.165) is 0 Å². The van der Waals surface area contributed by atoms with E-state index in [9.17, 15) is 14.4 Å². The molecule has 2 aromatic carbocycles. The average Bonchev–Trinajstić information content (AvgIpc) is 2.72. The van der Waals surface area contributed by atoms with Crippen LogP contribution in [0.15, 0.2) is 48.5 Å². The Morgan fingerprint density at radius 3 is 2.39 bits per heavy atom. The molecular weight excluding hydrogens is 360 g/mol. The van der Waals surface area contributed by atoms with Crippen molar-refractivity contribution in [1.29, 1.82) is 0 Å². The van der Waals surface area contributed by atoms with E-state index in [4.69, 9.17) is 9.47 Å². The predicted molar refractivity (Wildman–Crippen MR) is 106 cm³/mol. The minimum atomic E-state index is -0.397. The topological polar surface area (TPSA) is 93.7 Å². The van der Waals surface area contributed by atoms with Gasteiger partial charge in [0.15, 0.2) is 12.4 Å². The number of carbonyl (C=O) groups is 3. The van der Waals surface area contributed by atoms with Gasteiger partial charge in [-0.05, 0) is 36.4 Å². The van der Waals surface area contributed by atoms with Gasteiger partial charge in [-0.1, -0.05) is 19.1 Å². The SMILES string of the molecule is CCC(=O)c1ccc(OCC(=O)Nc2ccccc2C(=O)NCCOC)cc1. The first-order chi connectivity index (χ1) is 13.5. The molecule has 0 unspecified atom stereocenters. The Kier molecular flexibility index (Phi) is 8.17. The number of methoxy groups -OCH3 is 1. The van der Waals surface area contributed by atoms with Gasteiger partial charge in [-0.15, -0.1) is 0 Å². The maximum Gasteiger partial charge on any atom is 0.262 e. The van der Waals surface area contributed by atoms with Crippen molar-refractivity contribution in [2.24, 2.45) is 0 Å². The Labute approximate surface area is 164 Å². The largest absolute Gasteiger partial charge is 0.484 e. The summed E-state index contributed by atoms with van der Waals surface area (Å²) in [5, 5.41) is 5.40. The third kappa shape index (κ3) is 6.21. The Morgan fingerprint density at radius 2 is 1.71 bits per heavy atom. The van der Waals surface area contributed by atoms with E-state index < -0.39 is 5.91 Å². The Balaban J connectivity index is 1.92. The van der Waals surface area contributed by atoms with E-state index in [1.165, 1.54) is 0 Å². The zero-order valence-corrected chi connectivity index (χ0v) is 16.0. The van der Waals surface area contributed by atoms with Gasteiger partial charge in [0.25, 0.3) is 11.8 Å². The van der Waals surface area contributed by atoms with E-state index in [1.54, 1.807) is 62.6 Å². The highest BCUT2D eigenvalue weighted by molar-refractivity contribution is 6.04. The van der Waals surface area contributed by atoms with Gasteiger partial charge in [-0.25, -0.2) is 0 Å². The van der Waals surface area contributed by atoms with Crippen LogP contribution in [0.4, 0.5) is 5.69 Å². The molecule has 0 fully saturated rings. The molecule has 0 radical (unpaired) electrons. The lowest BCUT2D eigenvalue weighted by molar-refractivity contribution is -0.118. The van der Waals surface area contributed by atoms with E-state index in [-0.39, 0.29) is 18.3 Å². The number of hydrogen-bond acceptors (Lipinski definition) is 5. The van der Waals surface area contributed by atoms with Gasteiger partial charge in [0.05, 0.1) is 17.9 Å². The second kappa shape index (κ2) is 10.8. The van der Waals surface area contributed by atoms with Crippen LogP contribution in [0.2, 0.25) is 0 Å². The number of para-hydroxylation sites is 1. The van der Waals surface area contributed by atoms with Gasteiger partial charge < -0.3 is 20.1 Å². The molecule has 0 heterocycles. The molecule has 7 nitrogen and oxygen atoms in total. The molecule has 2 aromatic rings. The molecule has 0 saturated carbocycles. The minimum absolute atomic E-state index is 0.0460. The molecule has 0 aliphatic heterocycles. The number of rotatable bonds is 10. The summed E-state index contributed by atoms with van der Waals surface area (Å²) in [5.41, 5.74) is 1.36. The number of benzene rings is 2. The number of hydrogen-bond donors (Lipinski definition) is 2. The molecule has 148 valence electrons. The van der Waals surface area contributed by atoms with Crippen LogP contribution < -0.4 is 15.4 Å². The second-order valence-electron chi connectivity index (χ2n) is 5.93. The number of anilines is 1. The number of amides is 2. The van der Waals surface area contributed by atoms with Crippen molar-refractivity contribution in [1.82, 2.24) is 5.32 Å². The summed E-state index contributed by atoms with van der Waals surface area (Å²) in [6.45, 7) is 2.35. The van der Waals surface area contributed by atoms with E-state index in [0.29, 0.717) is 42.1 Å². The smallest absolute Gasteiger partial charge is 0.262 e. The van der Waals surface area contributed by atoms with Crippen molar-refractivity contribution in [3.63, 3.8) is 0 Å². The monoisotopic (exact) mass is 384 g/mol. The molecule has 0 bridgehead atoms. The molecule has 0 aliphatic carbocycles. The highest BCUT2D eigenvalue weighted by atomic mass is 16.5. The molecule has 0 aromatic heterocycles. The van der Waals surface area contributed by atoms with E-state index in [2.05, 4.69) is 10.6 Å². The number of Topliss-reactive ketones (excluding diaryl/α,β-unsaturated/α-hetero) is 1. The van der Waals surface area contributed by atoms with Crippen molar-refractivity contribution < 1.29 is 23.9 Å². The first kappa shape index (κ1) is 21.1. The van der Waals surface area contributed by atoms with Crippen molar-refractivity contribution in [2.75, 3.05) is 32.2 Å². The van der Waals surface area contributed by atoms with Crippen LogP contribution >= 0.6 is 0 Å². The summed E-state index contributed by atoms with van der Waals surface area (Å²) in [6.07, 6.45) is 0.432. The molecule has 7 heteroatoms. The maximum absolute atomic E-state index is 12.2. The Morgan fingerprint density at radius 1 is 1.00 bits per heavy atom. The molecule has 2 rings (SSSR count). The van der Waals surface area contributed by atoms with Crippen LogP contribution in [0, 0.1) is 0 Å². The quantitative estimate of drug-likeness (QED) is 0.485. The van der Waals surface area contributed by atoms with Crippen molar-refractivity contribution in [3.8, 4) is 5.75 Å². The fraction of sp³-hybridized carbons (Fsp3) is 0.286. The third-order valence-electron chi connectivity index (χ3n) is 3.90. The predicted octanol–water partition coefficient (Wildman–Crippen LogP) is 2.67. The molecular formula is C21H24N2O5. The van der Waals surface area contributed by atoms with Crippen LogP contribution in [0.5, 0.6) is 5.75 Å². The zero-order chi connectivity index (χ0) is 20.4. The highest BCUT2D eigenvalue weighted by Crippen LogP contribution is 2.16. The highest BCUT2D eigenvalue weighted by Gasteiger charge is 2.13. The lowest BCUT2D eigenvalue weighted by Crippen LogP contribution is -2.28.